The number of rotatable bonds is 22. The first-order chi connectivity index (χ1) is 19.9. The van der Waals surface area contributed by atoms with Gasteiger partial charge in [0.2, 0.25) is 5.91 Å². The maximum Gasteiger partial charge on any atom is 0.328 e. The number of carbonyl (C=O) groups excluding carboxylic acids is 3. The second-order valence-electron chi connectivity index (χ2n) is 10.3. The van der Waals surface area contributed by atoms with Crippen molar-refractivity contribution in [3.8, 4) is 0 Å². The van der Waals surface area contributed by atoms with Crippen LogP contribution >= 0.6 is 0 Å². The van der Waals surface area contributed by atoms with Crippen molar-refractivity contribution in [3.05, 3.63) is 71.8 Å². The van der Waals surface area contributed by atoms with E-state index >= 15 is 0 Å². The van der Waals surface area contributed by atoms with Crippen LogP contribution in [-0.2, 0) is 41.9 Å². The number of esters is 2. The molecule has 1 amide bonds. The monoisotopic (exact) mass is 567 g/mol. The molecule has 0 bridgehead atoms. The molecule has 0 aliphatic heterocycles. The number of amides is 1. The molecule has 0 heterocycles. The molecule has 0 radical (unpaired) electrons. The number of carbonyl (C=O) groups is 4. The van der Waals surface area contributed by atoms with Gasteiger partial charge in [-0.25, -0.2) is 4.79 Å². The predicted molar refractivity (Wildman–Crippen MR) is 157 cm³/mol. The molecule has 1 atom stereocenters. The molecule has 0 spiro atoms. The lowest BCUT2D eigenvalue weighted by molar-refractivity contribution is -0.150. The van der Waals surface area contributed by atoms with Crippen molar-refractivity contribution >= 4 is 23.8 Å². The number of nitrogens with one attached hydrogen (secondary N) is 1. The van der Waals surface area contributed by atoms with Crippen LogP contribution in [-0.4, -0.2) is 35.0 Å². The van der Waals surface area contributed by atoms with Crippen molar-refractivity contribution in [2.24, 2.45) is 0 Å². The first-order valence-electron chi connectivity index (χ1n) is 14.9. The number of carboxylic acid groups (broad SMARTS) is 1. The molecular formula is C33H45NO7. The van der Waals surface area contributed by atoms with Crippen LogP contribution in [0.4, 0.5) is 0 Å². The molecule has 0 saturated carbocycles. The summed E-state index contributed by atoms with van der Waals surface area (Å²) in [7, 11) is 0. The second-order valence-corrected chi connectivity index (χ2v) is 10.3. The molecule has 8 heteroatoms. The largest absolute Gasteiger partial charge is 0.481 e. The summed E-state index contributed by atoms with van der Waals surface area (Å²) in [6, 6.07) is 17.9. The number of carboxylic acids is 1. The molecule has 8 nitrogen and oxygen atoms in total. The fraction of sp³-hybridized carbons (Fsp3) is 0.515. The zero-order chi connectivity index (χ0) is 29.5. The molecule has 41 heavy (non-hydrogen) atoms. The summed E-state index contributed by atoms with van der Waals surface area (Å²) >= 11 is 0. The highest BCUT2D eigenvalue weighted by Gasteiger charge is 2.23. The van der Waals surface area contributed by atoms with Crippen LogP contribution in [0.3, 0.4) is 0 Å². The van der Waals surface area contributed by atoms with Crippen molar-refractivity contribution in [2.75, 3.05) is 0 Å². The third-order valence-electron chi connectivity index (χ3n) is 6.77. The van der Waals surface area contributed by atoms with E-state index in [1.165, 1.54) is 0 Å². The highest BCUT2D eigenvalue weighted by molar-refractivity contribution is 5.84. The Morgan fingerprint density at radius 2 is 1.07 bits per heavy atom. The highest BCUT2D eigenvalue weighted by atomic mass is 16.5. The Morgan fingerprint density at radius 1 is 0.610 bits per heavy atom. The van der Waals surface area contributed by atoms with E-state index in [0.29, 0.717) is 19.4 Å². The minimum atomic E-state index is -1.03. The van der Waals surface area contributed by atoms with Crippen LogP contribution in [0.2, 0.25) is 0 Å². The fourth-order valence-corrected chi connectivity index (χ4v) is 4.39. The Balaban J connectivity index is 1.46. The molecule has 0 fully saturated rings. The molecule has 2 aromatic rings. The Kier molecular flexibility index (Phi) is 17.3. The summed E-state index contributed by atoms with van der Waals surface area (Å²) in [6.45, 7) is 0.407. The topological polar surface area (TPSA) is 119 Å². The van der Waals surface area contributed by atoms with Gasteiger partial charge in [-0.2, -0.15) is 0 Å². The number of aliphatic carboxylic acids is 1. The van der Waals surface area contributed by atoms with Gasteiger partial charge in [0.25, 0.3) is 0 Å². The van der Waals surface area contributed by atoms with E-state index in [1.807, 2.05) is 60.7 Å². The lowest BCUT2D eigenvalue weighted by Gasteiger charge is -2.17. The van der Waals surface area contributed by atoms with Crippen LogP contribution in [0.1, 0.15) is 101 Å². The molecule has 2 rings (SSSR count). The molecule has 0 aliphatic carbocycles. The van der Waals surface area contributed by atoms with Gasteiger partial charge in [0.15, 0.2) is 0 Å². The SMILES string of the molecule is O=C(O)CC[C@H](NC(=O)CCCCCCCCCCCCC(=O)OCc1ccccc1)C(=O)OCc1ccccc1. The molecule has 2 N–H and O–H groups in total. The van der Waals surface area contributed by atoms with E-state index in [9.17, 15) is 19.2 Å². The average molecular weight is 568 g/mol. The lowest BCUT2D eigenvalue weighted by atomic mass is 10.0. The van der Waals surface area contributed by atoms with Gasteiger partial charge in [0.05, 0.1) is 0 Å². The smallest absolute Gasteiger partial charge is 0.328 e. The van der Waals surface area contributed by atoms with Crippen LogP contribution in [0.5, 0.6) is 0 Å². The van der Waals surface area contributed by atoms with Gasteiger partial charge in [0, 0.05) is 19.3 Å². The van der Waals surface area contributed by atoms with Gasteiger partial charge in [-0.05, 0) is 30.4 Å². The Morgan fingerprint density at radius 3 is 1.59 bits per heavy atom. The maximum absolute atomic E-state index is 12.5. The number of unbranched alkanes of at least 4 members (excludes halogenated alkanes) is 9. The van der Waals surface area contributed by atoms with Crippen molar-refractivity contribution < 1.29 is 33.8 Å². The number of hydrogen-bond donors (Lipinski definition) is 2. The summed E-state index contributed by atoms with van der Waals surface area (Å²) in [4.78, 5) is 47.7. The van der Waals surface area contributed by atoms with Gasteiger partial charge in [-0.1, -0.05) is 112 Å². The maximum atomic E-state index is 12.5. The zero-order valence-electron chi connectivity index (χ0n) is 24.1. The van der Waals surface area contributed by atoms with E-state index < -0.39 is 18.0 Å². The number of hydrogen-bond acceptors (Lipinski definition) is 6. The Bertz CT molecular complexity index is 1030. The van der Waals surface area contributed by atoms with Crippen molar-refractivity contribution in [3.63, 3.8) is 0 Å². The van der Waals surface area contributed by atoms with E-state index in [-0.39, 0.29) is 31.3 Å². The molecule has 224 valence electrons. The van der Waals surface area contributed by atoms with E-state index in [0.717, 1.165) is 75.3 Å². The molecule has 0 aromatic heterocycles. The fourth-order valence-electron chi connectivity index (χ4n) is 4.39. The Hall–Kier alpha value is -3.68. The third-order valence-corrected chi connectivity index (χ3v) is 6.77. The summed E-state index contributed by atoms with van der Waals surface area (Å²) < 4.78 is 10.6. The summed E-state index contributed by atoms with van der Waals surface area (Å²) in [5.41, 5.74) is 1.82. The van der Waals surface area contributed by atoms with E-state index in [4.69, 9.17) is 14.6 Å². The van der Waals surface area contributed by atoms with Gasteiger partial charge < -0.3 is 19.9 Å². The zero-order valence-corrected chi connectivity index (χ0v) is 24.1. The average Bonchev–Trinajstić information content (AvgIpc) is 2.98. The third kappa shape index (κ3) is 16.9. The molecule has 0 unspecified atom stereocenters. The number of ether oxygens (including phenoxy) is 2. The number of benzene rings is 2. The second kappa shape index (κ2) is 21.1. The van der Waals surface area contributed by atoms with Crippen molar-refractivity contribution in [1.82, 2.24) is 5.32 Å². The van der Waals surface area contributed by atoms with Crippen LogP contribution in [0.15, 0.2) is 60.7 Å². The summed E-state index contributed by atoms with van der Waals surface area (Å²) in [5, 5.41) is 11.7. The standard InChI is InChI=1S/C33H45NO7/c35-30(34-29(23-24-31(36)37)33(39)41-26-28-19-13-10-14-20-28)21-15-7-5-3-1-2-4-6-8-16-22-32(38)40-25-27-17-11-9-12-18-27/h9-14,17-20,29H,1-8,15-16,21-26H2,(H,34,35)(H,36,37)/t29-/m0/s1. The Labute approximate surface area is 243 Å². The molecule has 0 aliphatic rings. The lowest BCUT2D eigenvalue weighted by Crippen LogP contribution is -2.42. The van der Waals surface area contributed by atoms with Crippen LogP contribution in [0, 0.1) is 0 Å². The summed E-state index contributed by atoms with van der Waals surface area (Å²) in [6.07, 6.45) is 10.8. The highest BCUT2D eigenvalue weighted by Crippen LogP contribution is 2.13. The first kappa shape index (κ1) is 33.5. The van der Waals surface area contributed by atoms with Gasteiger partial charge >= 0.3 is 17.9 Å². The predicted octanol–water partition coefficient (Wildman–Crippen LogP) is 6.50. The normalized spacial score (nSPS) is 11.4. The molecule has 0 saturated heterocycles. The quantitative estimate of drug-likeness (QED) is 0.123. The van der Waals surface area contributed by atoms with Crippen LogP contribution in [0.25, 0.3) is 0 Å². The van der Waals surface area contributed by atoms with Gasteiger partial charge in [-0.15, -0.1) is 0 Å². The minimum absolute atomic E-state index is 0.00690. The molecule has 2 aromatic carbocycles. The van der Waals surface area contributed by atoms with E-state index in [2.05, 4.69) is 5.32 Å². The van der Waals surface area contributed by atoms with Crippen LogP contribution < -0.4 is 5.32 Å². The van der Waals surface area contributed by atoms with Gasteiger partial charge in [0.1, 0.15) is 19.3 Å². The summed E-state index contributed by atoms with van der Waals surface area (Å²) in [5.74, 6) is -2.05. The van der Waals surface area contributed by atoms with Crippen molar-refractivity contribution in [1.29, 1.82) is 0 Å². The first-order valence-corrected chi connectivity index (χ1v) is 14.9. The molecular weight excluding hydrogens is 522 g/mol. The van der Waals surface area contributed by atoms with Crippen molar-refractivity contribution in [2.45, 2.75) is 109 Å². The van der Waals surface area contributed by atoms with E-state index in [1.54, 1.807) is 0 Å². The van der Waals surface area contributed by atoms with Gasteiger partial charge in [-0.3, -0.25) is 14.4 Å². The minimum Gasteiger partial charge on any atom is -0.481 e.